The smallest absolute Gasteiger partial charge is 0.280 e. The zero-order valence-electron chi connectivity index (χ0n) is 10.3. The monoisotopic (exact) mass is 293 g/mol. The standard InChI is InChI=1S/C10H16ClN3O3S/c1-8(2)3-4-12-9(15)5-14-6-10(13-7-14)18(11,16)17/h6-8H,3-5H2,1-2H3,(H,12,15). The predicted octanol–water partition coefficient (Wildman–Crippen LogP) is 0.973. The molecule has 0 aromatic carbocycles. The molecule has 1 rings (SSSR count). The van der Waals surface area contributed by atoms with Crippen molar-refractivity contribution in [3.05, 3.63) is 12.5 Å². The molecule has 0 aliphatic carbocycles. The van der Waals surface area contributed by atoms with Crippen molar-refractivity contribution < 1.29 is 13.2 Å². The number of rotatable bonds is 6. The van der Waals surface area contributed by atoms with Crippen LogP contribution < -0.4 is 5.32 Å². The first-order valence-corrected chi connectivity index (χ1v) is 7.83. The molecule has 0 fully saturated rings. The summed E-state index contributed by atoms with van der Waals surface area (Å²) in [5.74, 6) is 0.332. The molecule has 0 unspecified atom stereocenters. The van der Waals surface area contributed by atoms with Crippen LogP contribution in [0.3, 0.4) is 0 Å². The Kier molecular flexibility index (Phi) is 5.15. The first kappa shape index (κ1) is 15.0. The number of amides is 1. The van der Waals surface area contributed by atoms with Crippen molar-refractivity contribution >= 4 is 25.6 Å². The summed E-state index contributed by atoms with van der Waals surface area (Å²) in [5.41, 5.74) is 0. The van der Waals surface area contributed by atoms with Crippen molar-refractivity contribution in [2.24, 2.45) is 5.92 Å². The maximum absolute atomic E-state index is 11.5. The van der Waals surface area contributed by atoms with E-state index in [1.54, 1.807) is 0 Å². The van der Waals surface area contributed by atoms with Crippen LogP contribution in [-0.4, -0.2) is 30.4 Å². The normalized spacial score (nSPS) is 11.8. The molecular weight excluding hydrogens is 278 g/mol. The average molecular weight is 294 g/mol. The Morgan fingerprint density at radius 1 is 1.56 bits per heavy atom. The number of aromatic nitrogens is 2. The van der Waals surface area contributed by atoms with E-state index < -0.39 is 9.05 Å². The molecular formula is C10H16ClN3O3S. The molecule has 0 aliphatic heterocycles. The largest absolute Gasteiger partial charge is 0.355 e. The molecule has 0 radical (unpaired) electrons. The molecule has 1 amide bonds. The van der Waals surface area contributed by atoms with E-state index in [1.165, 1.54) is 17.1 Å². The quantitative estimate of drug-likeness (QED) is 0.793. The fourth-order valence-corrected chi connectivity index (χ4v) is 1.95. The Bertz CT molecular complexity index is 510. The fraction of sp³-hybridized carbons (Fsp3) is 0.600. The van der Waals surface area contributed by atoms with Crippen LogP contribution in [-0.2, 0) is 20.4 Å². The molecule has 102 valence electrons. The summed E-state index contributed by atoms with van der Waals surface area (Å²) >= 11 is 0. The van der Waals surface area contributed by atoms with Gasteiger partial charge in [-0.05, 0) is 12.3 Å². The number of hydrogen-bond donors (Lipinski definition) is 1. The van der Waals surface area contributed by atoms with Crippen LogP contribution in [0.4, 0.5) is 0 Å². The number of carbonyl (C=O) groups is 1. The summed E-state index contributed by atoms with van der Waals surface area (Å²) in [6.07, 6.45) is 3.39. The summed E-state index contributed by atoms with van der Waals surface area (Å²) < 4.78 is 23.3. The third-order valence-corrected chi connectivity index (χ3v) is 3.41. The van der Waals surface area contributed by atoms with Crippen molar-refractivity contribution in [3.63, 3.8) is 0 Å². The van der Waals surface area contributed by atoms with Gasteiger partial charge in [0.15, 0.2) is 5.03 Å². The topological polar surface area (TPSA) is 81.1 Å². The van der Waals surface area contributed by atoms with Crippen molar-refractivity contribution in [1.82, 2.24) is 14.9 Å². The minimum absolute atomic E-state index is 0.0253. The number of nitrogens with one attached hydrogen (secondary N) is 1. The molecule has 6 nitrogen and oxygen atoms in total. The second-order valence-electron chi connectivity index (χ2n) is 4.35. The van der Waals surface area contributed by atoms with Crippen LogP contribution in [0, 0.1) is 5.92 Å². The minimum atomic E-state index is -3.84. The van der Waals surface area contributed by atoms with Gasteiger partial charge in [0.25, 0.3) is 9.05 Å². The van der Waals surface area contributed by atoms with E-state index in [9.17, 15) is 13.2 Å². The molecule has 0 aliphatic rings. The van der Waals surface area contributed by atoms with Crippen molar-refractivity contribution in [3.8, 4) is 0 Å². The van der Waals surface area contributed by atoms with E-state index in [4.69, 9.17) is 10.7 Å². The molecule has 0 saturated carbocycles. The summed E-state index contributed by atoms with van der Waals surface area (Å²) in [5, 5.41) is 2.49. The van der Waals surface area contributed by atoms with Crippen LogP contribution in [0.15, 0.2) is 17.6 Å². The Morgan fingerprint density at radius 2 is 2.22 bits per heavy atom. The molecule has 0 saturated heterocycles. The summed E-state index contributed by atoms with van der Waals surface area (Å²) in [6, 6.07) is 0. The van der Waals surface area contributed by atoms with E-state index >= 15 is 0 Å². The lowest BCUT2D eigenvalue weighted by molar-refractivity contribution is -0.121. The lowest BCUT2D eigenvalue weighted by atomic mass is 10.1. The van der Waals surface area contributed by atoms with E-state index in [2.05, 4.69) is 24.1 Å². The third-order valence-electron chi connectivity index (χ3n) is 2.23. The van der Waals surface area contributed by atoms with Gasteiger partial charge in [-0.3, -0.25) is 4.79 Å². The zero-order valence-corrected chi connectivity index (χ0v) is 11.8. The van der Waals surface area contributed by atoms with Crippen molar-refractivity contribution in [2.45, 2.75) is 31.8 Å². The van der Waals surface area contributed by atoms with Gasteiger partial charge in [-0.2, -0.15) is 0 Å². The summed E-state index contributed by atoms with van der Waals surface area (Å²) in [6.45, 7) is 4.77. The highest BCUT2D eigenvalue weighted by molar-refractivity contribution is 8.13. The van der Waals surface area contributed by atoms with Crippen LogP contribution in [0.25, 0.3) is 0 Å². The molecule has 0 spiro atoms. The molecule has 18 heavy (non-hydrogen) atoms. The first-order valence-electron chi connectivity index (χ1n) is 5.52. The highest BCUT2D eigenvalue weighted by Gasteiger charge is 2.14. The van der Waals surface area contributed by atoms with Crippen molar-refractivity contribution in [2.75, 3.05) is 6.54 Å². The zero-order chi connectivity index (χ0) is 13.8. The van der Waals surface area contributed by atoms with Crippen LogP contribution >= 0.6 is 10.7 Å². The van der Waals surface area contributed by atoms with E-state index in [-0.39, 0.29) is 17.5 Å². The predicted molar refractivity (Wildman–Crippen MR) is 67.7 cm³/mol. The number of carbonyl (C=O) groups excluding carboxylic acids is 1. The Hall–Kier alpha value is -1.08. The molecule has 0 atom stereocenters. The fourth-order valence-electron chi connectivity index (χ4n) is 1.27. The Morgan fingerprint density at radius 3 is 2.72 bits per heavy atom. The molecule has 1 aromatic rings. The van der Waals surface area contributed by atoms with Gasteiger partial charge in [-0.25, -0.2) is 13.4 Å². The maximum Gasteiger partial charge on any atom is 0.280 e. The number of halogens is 1. The van der Waals surface area contributed by atoms with Gasteiger partial charge in [-0.15, -0.1) is 0 Å². The first-order chi connectivity index (χ1) is 8.29. The summed E-state index contributed by atoms with van der Waals surface area (Å²) in [4.78, 5) is 15.1. The Labute approximate surface area is 111 Å². The van der Waals surface area contributed by atoms with Gasteiger partial charge in [0, 0.05) is 23.4 Å². The van der Waals surface area contributed by atoms with E-state index in [0.717, 1.165) is 6.42 Å². The third kappa shape index (κ3) is 5.05. The molecule has 8 heteroatoms. The molecule has 1 aromatic heterocycles. The molecule has 1 N–H and O–H groups in total. The van der Waals surface area contributed by atoms with Gasteiger partial charge in [-0.1, -0.05) is 13.8 Å². The van der Waals surface area contributed by atoms with Gasteiger partial charge in [0.1, 0.15) is 6.54 Å². The second kappa shape index (κ2) is 6.19. The highest BCUT2D eigenvalue weighted by Crippen LogP contribution is 2.10. The number of imidazole rings is 1. The average Bonchev–Trinajstić information content (AvgIpc) is 2.64. The van der Waals surface area contributed by atoms with Crippen LogP contribution in [0.1, 0.15) is 20.3 Å². The highest BCUT2D eigenvalue weighted by atomic mass is 35.7. The van der Waals surface area contributed by atoms with Gasteiger partial charge in [0.05, 0.1) is 6.33 Å². The SMILES string of the molecule is CC(C)CCNC(=O)Cn1cnc(S(=O)(=O)Cl)c1. The van der Waals surface area contributed by atoms with Crippen molar-refractivity contribution in [1.29, 1.82) is 0 Å². The lowest BCUT2D eigenvalue weighted by Gasteiger charge is -2.07. The maximum atomic E-state index is 11.5. The van der Waals surface area contributed by atoms with Gasteiger partial charge in [0.2, 0.25) is 5.91 Å². The number of nitrogens with zero attached hydrogens (tertiary/aromatic N) is 2. The second-order valence-corrected chi connectivity index (χ2v) is 6.87. The molecule has 0 bridgehead atoms. The van der Waals surface area contributed by atoms with Crippen LogP contribution in [0.5, 0.6) is 0 Å². The van der Waals surface area contributed by atoms with E-state index in [0.29, 0.717) is 12.5 Å². The lowest BCUT2D eigenvalue weighted by Crippen LogP contribution is -2.28. The van der Waals surface area contributed by atoms with Crippen LogP contribution in [0.2, 0.25) is 0 Å². The van der Waals surface area contributed by atoms with Gasteiger partial charge >= 0.3 is 0 Å². The molecule has 1 heterocycles. The summed E-state index contributed by atoms with van der Waals surface area (Å²) in [7, 11) is 1.29. The number of hydrogen-bond acceptors (Lipinski definition) is 4. The van der Waals surface area contributed by atoms with Gasteiger partial charge < -0.3 is 9.88 Å². The van der Waals surface area contributed by atoms with E-state index in [1.807, 2.05) is 0 Å². The Balaban J connectivity index is 2.48. The minimum Gasteiger partial charge on any atom is -0.355 e.